The standard InChI is InChI=1S/C12H21NO4/c1-9(2)11(14)13-8-6-7-10(15-3)12(16-4)17-5/h1,6-8H2,2-5H3,(H,13,14). The van der Waals surface area contributed by atoms with Crippen molar-refractivity contribution in [3.8, 4) is 0 Å². The number of hydrogen-bond donors (Lipinski definition) is 1. The number of carbonyl (C=O) groups excluding carboxylic acids is 1. The highest BCUT2D eigenvalue weighted by atomic mass is 16.7. The summed E-state index contributed by atoms with van der Waals surface area (Å²) in [6.07, 6.45) is 1.36. The fraction of sp³-hybridized carbons (Fsp3) is 0.583. The number of ether oxygens (including phenoxy) is 3. The van der Waals surface area contributed by atoms with Crippen LogP contribution in [0, 0.1) is 0 Å². The van der Waals surface area contributed by atoms with Crippen LogP contribution in [-0.2, 0) is 19.0 Å². The van der Waals surface area contributed by atoms with Crippen molar-refractivity contribution >= 4 is 5.91 Å². The third-order valence-corrected chi connectivity index (χ3v) is 2.10. The first-order valence-electron chi connectivity index (χ1n) is 5.35. The van der Waals surface area contributed by atoms with Crippen molar-refractivity contribution in [2.45, 2.75) is 19.8 Å². The van der Waals surface area contributed by atoms with E-state index in [9.17, 15) is 4.79 Å². The van der Waals surface area contributed by atoms with E-state index >= 15 is 0 Å². The van der Waals surface area contributed by atoms with Gasteiger partial charge in [0.1, 0.15) is 0 Å². The highest BCUT2D eigenvalue weighted by molar-refractivity contribution is 5.91. The molecule has 0 aliphatic rings. The second-order valence-electron chi connectivity index (χ2n) is 3.46. The summed E-state index contributed by atoms with van der Waals surface area (Å²) in [5.41, 5.74) is 0.502. The Morgan fingerprint density at radius 3 is 2.18 bits per heavy atom. The lowest BCUT2D eigenvalue weighted by molar-refractivity contribution is -0.117. The Kier molecular flexibility index (Phi) is 7.67. The summed E-state index contributed by atoms with van der Waals surface area (Å²) < 4.78 is 15.1. The van der Waals surface area contributed by atoms with E-state index in [0.717, 1.165) is 6.42 Å². The lowest BCUT2D eigenvalue weighted by Gasteiger charge is -2.11. The lowest BCUT2D eigenvalue weighted by atomic mass is 10.2. The highest BCUT2D eigenvalue weighted by Gasteiger charge is 2.08. The van der Waals surface area contributed by atoms with Crippen LogP contribution in [0.3, 0.4) is 0 Å². The van der Waals surface area contributed by atoms with E-state index in [1.54, 1.807) is 14.0 Å². The molecule has 5 heteroatoms. The van der Waals surface area contributed by atoms with E-state index in [4.69, 9.17) is 14.2 Å². The molecular weight excluding hydrogens is 222 g/mol. The van der Waals surface area contributed by atoms with Crippen molar-refractivity contribution in [1.29, 1.82) is 0 Å². The molecule has 0 spiro atoms. The monoisotopic (exact) mass is 243 g/mol. The van der Waals surface area contributed by atoms with Gasteiger partial charge < -0.3 is 19.5 Å². The molecule has 0 aliphatic heterocycles. The van der Waals surface area contributed by atoms with E-state index in [1.165, 1.54) is 14.2 Å². The molecule has 0 aliphatic carbocycles. The summed E-state index contributed by atoms with van der Waals surface area (Å²) >= 11 is 0. The zero-order valence-corrected chi connectivity index (χ0v) is 11.0. The number of allylic oxidation sites excluding steroid dienone is 1. The maximum atomic E-state index is 11.2. The lowest BCUT2D eigenvalue weighted by Crippen LogP contribution is -2.24. The fourth-order valence-electron chi connectivity index (χ4n) is 1.20. The van der Waals surface area contributed by atoms with Gasteiger partial charge >= 0.3 is 5.95 Å². The summed E-state index contributed by atoms with van der Waals surface area (Å²) in [6, 6.07) is 0. The Labute approximate surface area is 102 Å². The third kappa shape index (κ3) is 5.85. The van der Waals surface area contributed by atoms with Gasteiger partial charge in [-0.05, 0) is 13.3 Å². The highest BCUT2D eigenvalue weighted by Crippen LogP contribution is 2.12. The molecule has 0 radical (unpaired) electrons. The normalized spacial score (nSPS) is 9.18. The predicted octanol–water partition coefficient (Wildman–Crippen LogP) is 1.57. The summed E-state index contributed by atoms with van der Waals surface area (Å²) in [4.78, 5) is 11.2. The number of amides is 1. The average Bonchev–Trinajstić information content (AvgIpc) is 2.32. The molecule has 98 valence electrons. The molecule has 0 aromatic carbocycles. The fourth-order valence-corrected chi connectivity index (χ4v) is 1.20. The number of methoxy groups -OCH3 is 3. The summed E-state index contributed by atoms with van der Waals surface area (Å²) in [5.74, 6) is 0.852. The van der Waals surface area contributed by atoms with Crippen molar-refractivity contribution < 1.29 is 19.0 Å². The van der Waals surface area contributed by atoms with Crippen LogP contribution >= 0.6 is 0 Å². The zero-order valence-electron chi connectivity index (χ0n) is 11.0. The van der Waals surface area contributed by atoms with Gasteiger partial charge in [0.15, 0.2) is 5.76 Å². The Morgan fingerprint density at radius 2 is 1.76 bits per heavy atom. The first-order valence-corrected chi connectivity index (χ1v) is 5.35. The second kappa shape index (κ2) is 8.50. The van der Waals surface area contributed by atoms with E-state index in [0.29, 0.717) is 30.2 Å². The van der Waals surface area contributed by atoms with Gasteiger partial charge in [-0.25, -0.2) is 0 Å². The number of carbonyl (C=O) groups is 1. The minimum absolute atomic E-state index is 0.133. The minimum Gasteiger partial charge on any atom is -0.494 e. The largest absolute Gasteiger partial charge is 0.494 e. The van der Waals surface area contributed by atoms with Gasteiger partial charge in [-0.2, -0.15) is 0 Å². The van der Waals surface area contributed by atoms with Crippen molar-refractivity contribution in [3.05, 3.63) is 23.9 Å². The van der Waals surface area contributed by atoms with Crippen molar-refractivity contribution in [3.63, 3.8) is 0 Å². The molecule has 17 heavy (non-hydrogen) atoms. The summed E-state index contributed by atoms with van der Waals surface area (Å²) in [7, 11) is 4.58. The molecule has 1 amide bonds. The van der Waals surface area contributed by atoms with Crippen LogP contribution in [0.25, 0.3) is 0 Å². The quantitative estimate of drug-likeness (QED) is 0.399. The third-order valence-electron chi connectivity index (χ3n) is 2.10. The van der Waals surface area contributed by atoms with Crippen LogP contribution in [-0.4, -0.2) is 33.8 Å². The Bertz CT molecular complexity index is 291. The van der Waals surface area contributed by atoms with E-state index in [2.05, 4.69) is 11.9 Å². The Balaban J connectivity index is 4.05. The minimum atomic E-state index is -0.133. The van der Waals surface area contributed by atoms with Crippen LogP contribution in [0.15, 0.2) is 23.9 Å². The maximum absolute atomic E-state index is 11.2. The van der Waals surface area contributed by atoms with E-state index in [-0.39, 0.29) is 5.91 Å². The second-order valence-corrected chi connectivity index (χ2v) is 3.46. The van der Waals surface area contributed by atoms with Gasteiger partial charge in [0.2, 0.25) is 5.91 Å². The molecule has 0 aromatic rings. The average molecular weight is 243 g/mol. The van der Waals surface area contributed by atoms with Crippen molar-refractivity contribution in [2.24, 2.45) is 0 Å². The molecule has 0 fully saturated rings. The molecule has 1 N–H and O–H groups in total. The first-order chi connectivity index (χ1) is 8.06. The SMILES string of the molecule is C=C(C)C(=O)NCCCC(OC)=C(OC)OC. The number of nitrogens with one attached hydrogen (secondary N) is 1. The van der Waals surface area contributed by atoms with Gasteiger partial charge in [0, 0.05) is 18.5 Å². The summed E-state index contributed by atoms with van der Waals surface area (Å²) in [5, 5.41) is 2.74. The molecule has 0 atom stereocenters. The van der Waals surface area contributed by atoms with Gasteiger partial charge in [-0.1, -0.05) is 6.58 Å². The molecular formula is C12H21NO4. The predicted molar refractivity (Wildman–Crippen MR) is 65.1 cm³/mol. The van der Waals surface area contributed by atoms with Crippen LogP contribution in [0.4, 0.5) is 0 Å². The summed E-state index contributed by atoms with van der Waals surface area (Å²) in [6.45, 7) is 5.78. The van der Waals surface area contributed by atoms with Gasteiger partial charge in [-0.3, -0.25) is 4.79 Å². The molecule has 0 saturated carbocycles. The van der Waals surface area contributed by atoms with Crippen LogP contribution in [0.2, 0.25) is 0 Å². The Morgan fingerprint density at radius 1 is 1.18 bits per heavy atom. The van der Waals surface area contributed by atoms with E-state index in [1.807, 2.05) is 0 Å². The molecule has 0 saturated heterocycles. The van der Waals surface area contributed by atoms with Gasteiger partial charge in [0.25, 0.3) is 0 Å². The molecule has 0 rings (SSSR count). The number of rotatable bonds is 8. The molecule has 0 heterocycles. The van der Waals surface area contributed by atoms with Gasteiger partial charge in [-0.15, -0.1) is 0 Å². The first kappa shape index (κ1) is 15.3. The van der Waals surface area contributed by atoms with Crippen LogP contribution in [0.5, 0.6) is 0 Å². The van der Waals surface area contributed by atoms with Crippen LogP contribution < -0.4 is 5.32 Å². The van der Waals surface area contributed by atoms with E-state index < -0.39 is 0 Å². The molecule has 0 bridgehead atoms. The van der Waals surface area contributed by atoms with Gasteiger partial charge in [0.05, 0.1) is 21.3 Å². The van der Waals surface area contributed by atoms with Crippen molar-refractivity contribution in [2.75, 3.05) is 27.9 Å². The topological polar surface area (TPSA) is 56.8 Å². The number of hydrogen-bond acceptors (Lipinski definition) is 4. The van der Waals surface area contributed by atoms with Crippen LogP contribution in [0.1, 0.15) is 19.8 Å². The molecule has 0 unspecified atom stereocenters. The molecule has 5 nitrogen and oxygen atoms in total. The Hall–Kier alpha value is -1.65. The zero-order chi connectivity index (χ0) is 13.3. The molecule has 0 aromatic heterocycles. The van der Waals surface area contributed by atoms with Crippen molar-refractivity contribution in [1.82, 2.24) is 5.32 Å². The smallest absolute Gasteiger partial charge is 0.318 e. The maximum Gasteiger partial charge on any atom is 0.318 e.